The molecule has 1 aliphatic rings. The highest BCUT2D eigenvalue weighted by Crippen LogP contribution is 2.35. The highest BCUT2D eigenvalue weighted by Gasteiger charge is 2.34. The Balaban J connectivity index is 1.35. The van der Waals surface area contributed by atoms with Gasteiger partial charge in [-0.3, -0.25) is 4.79 Å². The van der Waals surface area contributed by atoms with Crippen LogP contribution >= 0.6 is 0 Å². The number of carbonyl (C=O) groups is 1. The zero-order chi connectivity index (χ0) is 22.6. The number of amides is 1. The first-order chi connectivity index (χ1) is 16.2. The summed E-state index contributed by atoms with van der Waals surface area (Å²) in [5.74, 6) is 0.696. The molecular weight excluding hydrogens is 408 g/mol. The number of aryl methyl sites for hydroxylation is 1. The fraction of sp³-hybridized carbons (Fsp3) is 0.310. The van der Waals surface area contributed by atoms with Crippen molar-refractivity contribution in [3.63, 3.8) is 0 Å². The van der Waals surface area contributed by atoms with E-state index in [9.17, 15) is 4.79 Å². The van der Waals surface area contributed by atoms with E-state index in [1.165, 1.54) is 24.8 Å². The minimum Gasteiger partial charge on any atom is -0.438 e. The number of fused-ring (bicyclic) bond motifs is 1. The number of nitrogens with zero attached hydrogens (tertiary/aromatic N) is 2. The van der Waals surface area contributed by atoms with Crippen molar-refractivity contribution in [2.45, 2.75) is 51.5 Å². The average molecular weight is 439 g/mol. The molecule has 168 valence electrons. The van der Waals surface area contributed by atoms with E-state index in [-0.39, 0.29) is 11.9 Å². The van der Waals surface area contributed by atoms with Gasteiger partial charge < -0.3 is 9.32 Å². The van der Waals surface area contributed by atoms with Crippen LogP contribution in [0.3, 0.4) is 0 Å². The van der Waals surface area contributed by atoms with Crippen LogP contribution in [0.15, 0.2) is 77.2 Å². The van der Waals surface area contributed by atoms with Gasteiger partial charge >= 0.3 is 0 Å². The number of carbonyl (C=O) groups excluding carboxylic acids is 1. The number of aromatic nitrogens is 1. The molecular formula is C29H30N2O2. The van der Waals surface area contributed by atoms with Crippen molar-refractivity contribution in [3.8, 4) is 11.1 Å². The van der Waals surface area contributed by atoms with Gasteiger partial charge in [0.25, 0.3) is 5.91 Å². The van der Waals surface area contributed by atoms with Crippen LogP contribution < -0.4 is 0 Å². The van der Waals surface area contributed by atoms with E-state index in [2.05, 4.69) is 43.3 Å². The Morgan fingerprint density at radius 3 is 2.61 bits per heavy atom. The standard InChI is InChI=1S/C29H30N2O2/c1-2-3-5-9-21-13-15-23(16-14-21)29(32)31-19-8-12-26(31)28-30-25-20-24(17-18-27(25)33-28)22-10-6-4-7-11-22/h4,6-7,10-11,13-18,20,26H,2-3,5,8-9,12,19H2,1H3/t26-/m1/s1. The Labute approximate surface area is 195 Å². The lowest BCUT2D eigenvalue weighted by molar-refractivity contribution is 0.0717. The zero-order valence-electron chi connectivity index (χ0n) is 19.2. The molecule has 0 N–H and O–H groups in total. The minimum absolute atomic E-state index is 0.0600. The highest BCUT2D eigenvalue weighted by atomic mass is 16.3. The van der Waals surface area contributed by atoms with Crippen LogP contribution in [0.1, 0.15) is 66.9 Å². The quantitative estimate of drug-likeness (QED) is 0.287. The van der Waals surface area contributed by atoms with Crippen LogP contribution in [0, 0.1) is 0 Å². The first kappa shape index (κ1) is 21.4. The molecule has 1 aromatic heterocycles. The van der Waals surface area contributed by atoms with Crippen molar-refractivity contribution in [1.29, 1.82) is 0 Å². The summed E-state index contributed by atoms with van der Waals surface area (Å²) in [5, 5.41) is 0. The maximum Gasteiger partial charge on any atom is 0.254 e. The number of hydrogen-bond donors (Lipinski definition) is 0. The van der Waals surface area contributed by atoms with Gasteiger partial charge in [-0.05, 0) is 66.6 Å². The van der Waals surface area contributed by atoms with E-state index in [0.29, 0.717) is 5.89 Å². The number of likely N-dealkylation sites (tertiary alicyclic amines) is 1. The third-order valence-corrected chi connectivity index (χ3v) is 6.58. The SMILES string of the molecule is CCCCCc1ccc(C(=O)N2CCC[C@@H]2c2nc3cc(-c4ccccc4)ccc3o2)cc1. The Kier molecular flexibility index (Phi) is 6.25. The summed E-state index contributed by atoms with van der Waals surface area (Å²) in [7, 11) is 0. The second-order valence-electron chi connectivity index (χ2n) is 8.91. The molecule has 2 heterocycles. The third kappa shape index (κ3) is 4.56. The zero-order valence-corrected chi connectivity index (χ0v) is 19.2. The lowest BCUT2D eigenvalue weighted by Crippen LogP contribution is -2.30. The van der Waals surface area contributed by atoms with Gasteiger partial charge in [-0.1, -0.05) is 68.3 Å². The van der Waals surface area contributed by atoms with Gasteiger partial charge in [-0.2, -0.15) is 0 Å². The number of rotatable bonds is 7. The second kappa shape index (κ2) is 9.62. The first-order valence-corrected chi connectivity index (χ1v) is 12.1. The maximum atomic E-state index is 13.3. The topological polar surface area (TPSA) is 46.3 Å². The van der Waals surface area contributed by atoms with Crippen molar-refractivity contribution in [2.24, 2.45) is 0 Å². The van der Waals surface area contributed by atoms with Gasteiger partial charge in [-0.25, -0.2) is 4.98 Å². The van der Waals surface area contributed by atoms with E-state index in [0.717, 1.165) is 53.6 Å². The van der Waals surface area contributed by atoms with Crippen molar-refractivity contribution in [2.75, 3.05) is 6.54 Å². The lowest BCUT2D eigenvalue weighted by atomic mass is 10.0. The summed E-state index contributed by atoms with van der Waals surface area (Å²) in [6.07, 6.45) is 6.56. The molecule has 0 unspecified atom stereocenters. The third-order valence-electron chi connectivity index (χ3n) is 6.58. The van der Waals surface area contributed by atoms with Crippen LogP contribution in [-0.2, 0) is 6.42 Å². The minimum atomic E-state index is -0.116. The van der Waals surface area contributed by atoms with Crippen molar-refractivity contribution in [1.82, 2.24) is 9.88 Å². The number of unbranched alkanes of at least 4 members (excludes halogenated alkanes) is 2. The molecule has 0 saturated carbocycles. The summed E-state index contributed by atoms with van der Waals surface area (Å²) in [6.45, 7) is 2.95. The molecule has 4 nitrogen and oxygen atoms in total. The van der Waals surface area contributed by atoms with Crippen LogP contribution in [-0.4, -0.2) is 22.3 Å². The van der Waals surface area contributed by atoms with Gasteiger partial charge in [0, 0.05) is 12.1 Å². The van der Waals surface area contributed by atoms with Gasteiger partial charge in [0.2, 0.25) is 5.89 Å². The summed E-state index contributed by atoms with van der Waals surface area (Å²) in [5.41, 5.74) is 5.90. The molecule has 0 radical (unpaired) electrons. The Hall–Kier alpha value is -3.40. The van der Waals surface area contributed by atoms with Crippen molar-refractivity contribution >= 4 is 17.0 Å². The van der Waals surface area contributed by atoms with Crippen molar-refractivity contribution in [3.05, 3.63) is 89.8 Å². The molecule has 1 saturated heterocycles. The van der Waals surface area contributed by atoms with Crippen LogP contribution in [0.4, 0.5) is 0 Å². The monoisotopic (exact) mass is 438 g/mol. The molecule has 1 atom stereocenters. The van der Waals surface area contributed by atoms with E-state index >= 15 is 0 Å². The van der Waals surface area contributed by atoms with Gasteiger partial charge in [0.1, 0.15) is 11.6 Å². The van der Waals surface area contributed by atoms with Gasteiger partial charge in [-0.15, -0.1) is 0 Å². The maximum absolute atomic E-state index is 13.3. The van der Waals surface area contributed by atoms with E-state index in [4.69, 9.17) is 9.40 Å². The molecule has 4 aromatic rings. The molecule has 33 heavy (non-hydrogen) atoms. The van der Waals surface area contributed by atoms with Gasteiger partial charge in [0.15, 0.2) is 5.58 Å². The molecule has 0 spiro atoms. The van der Waals surface area contributed by atoms with Gasteiger partial charge in [0.05, 0.1) is 0 Å². The van der Waals surface area contributed by atoms with Crippen LogP contribution in [0.2, 0.25) is 0 Å². The fourth-order valence-electron chi connectivity index (χ4n) is 4.72. The highest BCUT2D eigenvalue weighted by molar-refractivity contribution is 5.94. The Bertz CT molecular complexity index is 1230. The smallest absolute Gasteiger partial charge is 0.254 e. The normalized spacial score (nSPS) is 15.9. The van der Waals surface area contributed by atoms with E-state index < -0.39 is 0 Å². The molecule has 1 aliphatic heterocycles. The second-order valence-corrected chi connectivity index (χ2v) is 8.91. The van der Waals surface area contributed by atoms with Crippen LogP contribution in [0.25, 0.3) is 22.2 Å². The Morgan fingerprint density at radius 2 is 1.82 bits per heavy atom. The van der Waals surface area contributed by atoms with Crippen LogP contribution in [0.5, 0.6) is 0 Å². The summed E-state index contributed by atoms with van der Waals surface area (Å²) in [6, 6.07) is 24.4. The number of benzene rings is 3. The number of hydrogen-bond acceptors (Lipinski definition) is 3. The molecule has 0 aliphatic carbocycles. The first-order valence-electron chi connectivity index (χ1n) is 12.1. The molecule has 1 amide bonds. The molecule has 1 fully saturated rings. The fourth-order valence-corrected chi connectivity index (χ4v) is 4.72. The molecule has 3 aromatic carbocycles. The van der Waals surface area contributed by atoms with E-state index in [1.54, 1.807) is 0 Å². The number of oxazole rings is 1. The summed E-state index contributed by atoms with van der Waals surface area (Å²) < 4.78 is 6.13. The average Bonchev–Trinajstić information content (AvgIpc) is 3.51. The van der Waals surface area contributed by atoms with Crippen molar-refractivity contribution < 1.29 is 9.21 Å². The predicted octanol–water partition coefficient (Wildman–Crippen LogP) is 7.20. The molecule has 0 bridgehead atoms. The summed E-state index contributed by atoms with van der Waals surface area (Å²) in [4.78, 5) is 20.0. The largest absolute Gasteiger partial charge is 0.438 e. The molecule has 4 heteroatoms. The Morgan fingerprint density at radius 1 is 1.00 bits per heavy atom. The van der Waals surface area contributed by atoms with E-state index in [1.807, 2.05) is 41.3 Å². The summed E-state index contributed by atoms with van der Waals surface area (Å²) >= 11 is 0. The molecule has 5 rings (SSSR count). The lowest BCUT2D eigenvalue weighted by Gasteiger charge is -2.22. The predicted molar refractivity (Wildman–Crippen MR) is 132 cm³/mol.